The summed E-state index contributed by atoms with van der Waals surface area (Å²) in [5.74, 6) is 0.584. The first-order valence-electron chi connectivity index (χ1n) is 4.69. The summed E-state index contributed by atoms with van der Waals surface area (Å²) in [5.41, 5.74) is 0. The Balaban J connectivity index is 3.27. The van der Waals surface area contributed by atoms with E-state index < -0.39 is 0 Å². The molecule has 1 heteroatoms. The van der Waals surface area contributed by atoms with E-state index in [9.17, 15) is 5.11 Å². The van der Waals surface area contributed by atoms with Crippen LogP contribution in [0.25, 0.3) is 0 Å². The second-order valence-corrected chi connectivity index (χ2v) is 2.94. The number of hydrogen-bond donors (Lipinski definition) is 1. The first-order chi connectivity index (χ1) is 5.31. The molecule has 0 rings (SSSR count). The van der Waals surface area contributed by atoms with Crippen LogP contribution in [0.15, 0.2) is 11.8 Å². The van der Waals surface area contributed by atoms with Crippen molar-refractivity contribution in [3.8, 4) is 0 Å². The van der Waals surface area contributed by atoms with E-state index in [4.69, 9.17) is 0 Å². The van der Waals surface area contributed by atoms with E-state index in [2.05, 4.69) is 13.8 Å². The number of aliphatic hydroxyl groups excluding tert-OH is 1. The van der Waals surface area contributed by atoms with E-state index in [1.807, 2.05) is 6.08 Å². The number of hydrogen-bond acceptors (Lipinski definition) is 1. The van der Waals surface area contributed by atoms with Gasteiger partial charge in [-0.2, -0.15) is 0 Å². The van der Waals surface area contributed by atoms with Gasteiger partial charge in [-0.15, -0.1) is 0 Å². The molecule has 0 aromatic carbocycles. The van der Waals surface area contributed by atoms with Gasteiger partial charge in [0.1, 0.15) is 0 Å². The van der Waals surface area contributed by atoms with Crippen molar-refractivity contribution in [2.45, 2.75) is 52.4 Å². The van der Waals surface area contributed by atoms with Gasteiger partial charge in [-0.3, -0.25) is 0 Å². The summed E-state index contributed by atoms with van der Waals surface area (Å²) in [7, 11) is 0. The zero-order valence-corrected chi connectivity index (χ0v) is 7.77. The maximum atomic E-state index is 9.27. The first kappa shape index (κ1) is 10.5. The summed E-state index contributed by atoms with van der Waals surface area (Å²) in [6, 6.07) is 0. The monoisotopic (exact) mass is 156 g/mol. The lowest BCUT2D eigenvalue weighted by Crippen LogP contribution is -1.82. The van der Waals surface area contributed by atoms with Crippen LogP contribution in [0.1, 0.15) is 52.4 Å². The fraction of sp³-hybridized carbons (Fsp3) is 0.800. The van der Waals surface area contributed by atoms with Gasteiger partial charge in [-0.25, -0.2) is 0 Å². The summed E-state index contributed by atoms with van der Waals surface area (Å²) in [5, 5.41) is 9.27. The molecule has 0 saturated heterocycles. The Morgan fingerprint density at radius 1 is 1.18 bits per heavy atom. The van der Waals surface area contributed by atoms with Crippen molar-refractivity contribution in [3.05, 3.63) is 11.8 Å². The van der Waals surface area contributed by atoms with Crippen LogP contribution in [0.2, 0.25) is 0 Å². The minimum Gasteiger partial charge on any atom is -0.513 e. The van der Waals surface area contributed by atoms with Crippen molar-refractivity contribution >= 4 is 0 Å². The Morgan fingerprint density at radius 3 is 2.45 bits per heavy atom. The van der Waals surface area contributed by atoms with Crippen molar-refractivity contribution in [1.82, 2.24) is 0 Å². The second kappa shape index (κ2) is 7.64. The van der Waals surface area contributed by atoms with Crippen molar-refractivity contribution in [3.63, 3.8) is 0 Å². The van der Waals surface area contributed by atoms with Gasteiger partial charge >= 0.3 is 0 Å². The Kier molecular flexibility index (Phi) is 7.33. The van der Waals surface area contributed by atoms with E-state index in [-0.39, 0.29) is 0 Å². The lowest BCUT2D eigenvalue weighted by atomic mass is 10.1. The Labute approximate surface area is 70.1 Å². The van der Waals surface area contributed by atoms with E-state index in [0.29, 0.717) is 5.76 Å². The van der Waals surface area contributed by atoms with Crippen molar-refractivity contribution < 1.29 is 5.11 Å². The molecular formula is C10H20O. The molecule has 0 aliphatic heterocycles. The summed E-state index contributed by atoms with van der Waals surface area (Å²) < 4.78 is 0. The minimum atomic E-state index is 0.584. The molecule has 0 amide bonds. The van der Waals surface area contributed by atoms with Gasteiger partial charge in [-0.1, -0.05) is 33.1 Å². The van der Waals surface area contributed by atoms with Crippen LogP contribution in [0.5, 0.6) is 0 Å². The second-order valence-electron chi connectivity index (χ2n) is 2.94. The van der Waals surface area contributed by atoms with Crippen molar-refractivity contribution in [2.75, 3.05) is 0 Å². The molecule has 0 aromatic rings. The van der Waals surface area contributed by atoms with Gasteiger partial charge in [0.2, 0.25) is 0 Å². The zero-order chi connectivity index (χ0) is 8.53. The highest BCUT2D eigenvalue weighted by molar-refractivity contribution is 4.89. The fourth-order valence-electron chi connectivity index (χ4n) is 0.969. The average Bonchev–Trinajstić information content (AvgIpc) is 2.01. The highest BCUT2D eigenvalue weighted by atomic mass is 16.3. The summed E-state index contributed by atoms with van der Waals surface area (Å²) in [6.45, 7) is 4.29. The lowest BCUT2D eigenvalue weighted by Gasteiger charge is -1.97. The number of rotatable bonds is 6. The third-order valence-corrected chi connectivity index (χ3v) is 1.71. The van der Waals surface area contributed by atoms with E-state index in [1.54, 1.807) is 0 Å². The van der Waals surface area contributed by atoms with Crippen molar-refractivity contribution in [1.29, 1.82) is 0 Å². The molecule has 0 radical (unpaired) electrons. The molecule has 0 fully saturated rings. The van der Waals surface area contributed by atoms with Gasteiger partial charge in [-0.05, 0) is 18.9 Å². The predicted molar refractivity (Wildman–Crippen MR) is 49.8 cm³/mol. The van der Waals surface area contributed by atoms with Crippen LogP contribution < -0.4 is 0 Å². The quantitative estimate of drug-likeness (QED) is 0.458. The van der Waals surface area contributed by atoms with Crippen LogP contribution in [0, 0.1) is 0 Å². The fourth-order valence-corrected chi connectivity index (χ4v) is 0.969. The Morgan fingerprint density at radius 2 is 1.91 bits per heavy atom. The van der Waals surface area contributed by atoms with Crippen LogP contribution in [0.4, 0.5) is 0 Å². The van der Waals surface area contributed by atoms with Gasteiger partial charge in [0.25, 0.3) is 0 Å². The third-order valence-electron chi connectivity index (χ3n) is 1.71. The number of unbranched alkanes of at least 4 members (excludes halogenated alkanes) is 3. The van der Waals surface area contributed by atoms with E-state index in [1.165, 1.54) is 12.8 Å². The number of aliphatic hydroxyl groups is 1. The molecule has 0 spiro atoms. The summed E-state index contributed by atoms with van der Waals surface area (Å²) in [4.78, 5) is 0. The molecule has 1 N–H and O–H groups in total. The van der Waals surface area contributed by atoms with Crippen molar-refractivity contribution in [2.24, 2.45) is 0 Å². The first-order valence-corrected chi connectivity index (χ1v) is 4.69. The Bertz CT molecular complexity index is 105. The van der Waals surface area contributed by atoms with Crippen LogP contribution >= 0.6 is 0 Å². The molecule has 66 valence electrons. The number of allylic oxidation sites excluding steroid dienone is 2. The molecule has 11 heavy (non-hydrogen) atoms. The van der Waals surface area contributed by atoms with Crippen LogP contribution in [-0.4, -0.2) is 5.11 Å². The standard InChI is InChI=1S/C10H20O/c1-3-5-7-9-10(11)8-6-4-2/h8,11H,3-7,9H2,1-2H3. The SMILES string of the molecule is CCCC=C(O)CCCCC. The largest absolute Gasteiger partial charge is 0.513 e. The van der Waals surface area contributed by atoms with Gasteiger partial charge < -0.3 is 5.11 Å². The molecule has 0 atom stereocenters. The highest BCUT2D eigenvalue weighted by Gasteiger charge is 1.91. The molecule has 0 aromatic heterocycles. The molecule has 0 bridgehead atoms. The highest BCUT2D eigenvalue weighted by Crippen LogP contribution is 2.07. The molecule has 0 unspecified atom stereocenters. The average molecular weight is 156 g/mol. The smallest absolute Gasteiger partial charge is 0.0882 e. The summed E-state index contributed by atoms with van der Waals surface area (Å²) in [6.07, 6.45) is 8.52. The van der Waals surface area contributed by atoms with Gasteiger partial charge in [0.15, 0.2) is 0 Å². The van der Waals surface area contributed by atoms with E-state index >= 15 is 0 Å². The van der Waals surface area contributed by atoms with Crippen LogP contribution in [-0.2, 0) is 0 Å². The molecule has 0 aliphatic rings. The topological polar surface area (TPSA) is 20.2 Å². The molecule has 0 heterocycles. The Hall–Kier alpha value is -0.460. The lowest BCUT2D eigenvalue weighted by molar-refractivity contribution is 0.378. The van der Waals surface area contributed by atoms with Gasteiger partial charge in [0.05, 0.1) is 5.76 Å². The normalized spacial score (nSPS) is 12.0. The molecule has 1 nitrogen and oxygen atoms in total. The maximum absolute atomic E-state index is 9.27. The zero-order valence-electron chi connectivity index (χ0n) is 7.77. The third kappa shape index (κ3) is 7.44. The van der Waals surface area contributed by atoms with Crippen LogP contribution in [0.3, 0.4) is 0 Å². The molecular weight excluding hydrogens is 136 g/mol. The van der Waals surface area contributed by atoms with E-state index in [0.717, 1.165) is 25.7 Å². The predicted octanol–water partition coefficient (Wildman–Crippen LogP) is 3.81. The minimum absolute atomic E-state index is 0.584. The molecule has 0 aliphatic carbocycles. The summed E-state index contributed by atoms with van der Waals surface area (Å²) >= 11 is 0. The van der Waals surface area contributed by atoms with Gasteiger partial charge in [0, 0.05) is 6.42 Å². The molecule has 0 saturated carbocycles. The maximum Gasteiger partial charge on any atom is 0.0882 e.